The Bertz CT molecular complexity index is 1630. The highest BCUT2D eigenvalue weighted by Gasteiger charge is 2.51. The molecule has 0 spiro atoms. The second kappa shape index (κ2) is 9.46. The molecule has 1 nitrogen and oxygen atoms in total. The van der Waals surface area contributed by atoms with Gasteiger partial charge < -0.3 is 4.39 Å². The van der Waals surface area contributed by atoms with Crippen LogP contribution in [0, 0.1) is 13.8 Å². The lowest BCUT2D eigenvalue weighted by Gasteiger charge is -2.61. The molecule has 1 unspecified atom stereocenters. The number of fused-ring (bicyclic) bond motifs is 1. The third kappa shape index (κ3) is 3.92. The average molecular weight is 494 g/mol. The van der Waals surface area contributed by atoms with Gasteiger partial charge in [0.1, 0.15) is 0 Å². The van der Waals surface area contributed by atoms with Gasteiger partial charge in [0, 0.05) is 27.1 Å². The predicted octanol–water partition coefficient (Wildman–Crippen LogP) is 7.15. The number of benzene rings is 5. The highest BCUT2D eigenvalue weighted by atomic mass is 15.3. The first-order valence-electron chi connectivity index (χ1n) is 13.8. The van der Waals surface area contributed by atoms with Crippen molar-refractivity contribution in [2.45, 2.75) is 20.3 Å². The fourth-order valence-corrected chi connectivity index (χ4v) is 7.07. The molecule has 5 aromatic carbocycles. The van der Waals surface area contributed by atoms with Gasteiger partial charge in [0.2, 0.25) is 0 Å². The molecule has 6 rings (SSSR count). The quantitative estimate of drug-likeness (QED) is 0.233. The maximum atomic E-state index is 2.44. The van der Waals surface area contributed by atoms with E-state index in [9.17, 15) is 0 Å². The van der Waals surface area contributed by atoms with Crippen molar-refractivity contribution in [1.29, 1.82) is 0 Å². The molecule has 0 radical (unpaired) electrons. The van der Waals surface area contributed by atoms with E-state index < -0.39 is 6.28 Å². The van der Waals surface area contributed by atoms with Crippen LogP contribution >= 0.6 is 0 Å². The largest absolute Gasteiger partial charge is 0.508 e. The maximum absolute atomic E-state index is 2.44. The fraction of sp³-hybridized carbons (Fsp3) is 0.167. The van der Waals surface area contributed by atoms with E-state index in [0.717, 1.165) is 17.4 Å². The van der Waals surface area contributed by atoms with Crippen LogP contribution in [0.2, 0.25) is 0 Å². The lowest BCUT2D eigenvalue weighted by Crippen LogP contribution is -2.79. The van der Waals surface area contributed by atoms with Crippen molar-refractivity contribution >= 4 is 39.0 Å². The van der Waals surface area contributed by atoms with Crippen molar-refractivity contribution < 1.29 is 4.39 Å². The Balaban J connectivity index is 1.79. The highest BCUT2D eigenvalue weighted by molar-refractivity contribution is 7.11. The minimum Gasteiger partial charge on any atom is -0.508 e. The van der Waals surface area contributed by atoms with Crippen LogP contribution < -0.4 is 10.9 Å². The molecule has 0 aliphatic carbocycles. The van der Waals surface area contributed by atoms with Crippen LogP contribution in [0.3, 0.4) is 0 Å². The molecule has 38 heavy (non-hydrogen) atoms. The molecule has 0 aromatic heterocycles. The van der Waals surface area contributed by atoms with Gasteiger partial charge in [0.25, 0.3) is 6.28 Å². The summed E-state index contributed by atoms with van der Waals surface area (Å²) in [5.41, 5.74) is 11.0. The molecule has 1 atom stereocenters. The average Bonchev–Trinajstić information content (AvgIpc) is 2.94. The molecule has 0 fully saturated rings. The monoisotopic (exact) mass is 493 g/mol. The number of hydrogen-bond donors (Lipinski definition) is 0. The highest BCUT2D eigenvalue weighted by Crippen LogP contribution is 2.44. The van der Waals surface area contributed by atoms with Crippen LogP contribution in [-0.2, 0) is 0 Å². The molecule has 1 aliphatic heterocycles. The minimum atomic E-state index is -1.37. The van der Waals surface area contributed by atoms with E-state index >= 15 is 0 Å². The summed E-state index contributed by atoms with van der Waals surface area (Å²) >= 11 is 0. The summed E-state index contributed by atoms with van der Waals surface area (Å²) in [5, 5.41) is 2.57. The maximum Gasteiger partial charge on any atom is 0.291 e. The van der Waals surface area contributed by atoms with E-state index in [4.69, 9.17) is 0 Å². The Hall–Kier alpha value is -3.88. The number of hydrogen-bond acceptors (Lipinski definition) is 0. The van der Waals surface area contributed by atoms with Gasteiger partial charge in [0.05, 0.1) is 0 Å². The summed E-state index contributed by atoms with van der Waals surface area (Å²) in [6, 6.07) is 45.7. The van der Waals surface area contributed by atoms with Crippen LogP contribution in [0.5, 0.6) is 0 Å². The van der Waals surface area contributed by atoms with Gasteiger partial charge in [-0.15, -0.1) is 16.4 Å². The van der Waals surface area contributed by atoms with E-state index in [1.165, 1.54) is 55.0 Å². The van der Waals surface area contributed by atoms with E-state index in [0.29, 0.717) is 0 Å². The first kappa shape index (κ1) is 24.5. The normalized spacial score (nSPS) is 19.1. The third-order valence-electron chi connectivity index (χ3n) is 9.03. The Morgan fingerprint density at radius 1 is 0.553 bits per heavy atom. The Labute approximate surface area is 227 Å². The number of nitrogens with zero attached hydrogens (tertiary/aromatic N) is 1. The van der Waals surface area contributed by atoms with Gasteiger partial charge in [-0.2, -0.15) is 0 Å². The SMILES string of the molecule is Cc1ccc(C2=C(c3ccc4ccccc4c3)[B-](c3ccccc3)(c3ccc(C)cc3)[N+](C)(C)CC2)cc1. The molecule has 5 aromatic rings. The summed E-state index contributed by atoms with van der Waals surface area (Å²) in [7, 11) is 4.89. The molecular weight excluding hydrogens is 457 g/mol. The zero-order valence-electron chi connectivity index (χ0n) is 23.0. The smallest absolute Gasteiger partial charge is 0.291 e. The number of rotatable bonds is 4. The van der Waals surface area contributed by atoms with Crippen molar-refractivity contribution in [3.63, 3.8) is 0 Å². The Morgan fingerprint density at radius 2 is 1.11 bits per heavy atom. The summed E-state index contributed by atoms with van der Waals surface area (Å²) in [5.74, 6) is 0. The van der Waals surface area contributed by atoms with Gasteiger partial charge in [-0.05, 0) is 36.2 Å². The van der Waals surface area contributed by atoms with E-state index in [-0.39, 0.29) is 0 Å². The molecular formula is C36H36BN. The van der Waals surface area contributed by atoms with Crippen molar-refractivity contribution in [2.75, 3.05) is 20.6 Å². The fourth-order valence-electron chi connectivity index (χ4n) is 7.07. The molecule has 0 saturated heterocycles. The van der Waals surface area contributed by atoms with Crippen LogP contribution in [0.15, 0.2) is 121 Å². The van der Waals surface area contributed by atoms with Gasteiger partial charge in [-0.3, -0.25) is 0 Å². The molecule has 188 valence electrons. The van der Waals surface area contributed by atoms with Gasteiger partial charge in [-0.25, -0.2) is 0 Å². The third-order valence-corrected chi connectivity index (χ3v) is 9.03. The number of aryl methyl sites for hydroxylation is 2. The van der Waals surface area contributed by atoms with Crippen LogP contribution in [0.1, 0.15) is 28.7 Å². The molecule has 0 saturated carbocycles. The van der Waals surface area contributed by atoms with E-state index in [2.05, 4.69) is 149 Å². The first-order chi connectivity index (χ1) is 18.4. The lowest BCUT2D eigenvalue weighted by molar-refractivity contribution is -0.786. The summed E-state index contributed by atoms with van der Waals surface area (Å²) in [6.45, 7) is 5.43. The van der Waals surface area contributed by atoms with Crippen LogP contribution in [0.4, 0.5) is 0 Å². The zero-order chi connectivity index (χ0) is 26.3. The molecule has 1 heterocycles. The summed E-state index contributed by atoms with van der Waals surface area (Å²) < 4.78 is 0.907. The molecule has 1 aliphatic rings. The Morgan fingerprint density at radius 3 is 1.79 bits per heavy atom. The van der Waals surface area contributed by atoms with Crippen molar-refractivity contribution in [2.24, 2.45) is 0 Å². The van der Waals surface area contributed by atoms with Gasteiger partial charge in [0.15, 0.2) is 0 Å². The summed E-state index contributed by atoms with van der Waals surface area (Å²) in [6.07, 6.45) is -0.330. The van der Waals surface area contributed by atoms with Gasteiger partial charge in [-0.1, -0.05) is 138 Å². The second-order valence-electron chi connectivity index (χ2n) is 11.7. The molecule has 2 heteroatoms. The van der Waals surface area contributed by atoms with Crippen molar-refractivity contribution in [1.82, 2.24) is 0 Å². The Kier molecular flexibility index (Phi) is 6.09. The zero-order valence-corrected chi connectivity index (χ0v) is 23.0. The molecule has 0 bridgehead atoms. The van der Waals surface area contributed by atoms with Crippen molar-refractivity contribution in [3.05, 3.63) is 144 Å². The van der Waals surface area contributed by atoms with Crippen LogP contribution in [0.25, 0.3) is 21.8 Å². The first-order valence-corrected chi connectivity index (χ1v) is 13.8. The topological polar surface area (TPSA) is 0 Å². The summed E-state index contributed by atoms with van der Waals surface area (Å²) in [4.78, 5) is 0. The molecule has 0 amide bonds. The minimum absolute atomic E-state index is 0.907. The standard InChI is InChI=1S/C36H36BN/c1-27-14-18-30(19-15-27)35-24-25-38(3,4)37(33-12-6-5-7-13-33,34-22-16-28(2)17-23-34)36(35)32-21-20-29-10-8-9-11-31(29)26-32/h5-23,26H,24-25H2,1-4H3. The number of quaternary nitrogens is 1. The lowest BCUT2D eigenvalue weighted by atomic mass is 9.19. The second-order valence-corrected chi connectivity index (χ2v) is 11.7. The van der Waals surface area contributed by atoms with Crippen molar-refractivity contribution in [3.8, 4) is 0 Å². The van der Waals surface area contributed by atoms with E-state index in [1.54, 1.807) is 0 Å². The predicted molar refractivity (Wildman–Crippen MR) is 166 cm³/mol. The molecule has 0 N–H and O–H groups in total. The van der Waals surface area contributed by atoms with E-state index in [1.807, 2.05) is 0 Å². The van der Waals surface area contributed by atoms with Crippen LogP contribution in [-0.4, -0.2) is 31.3 Å². The van der Waals surface area contributed by atoms with Gasteiger partial charge >= 0.3 is 0 Å².